The third-order valence-corrected chi connectivity index (χ3v) is 0.989. The molecule has 1 amide bonds. The fourth-order valence-electron chi connectivity index (χ4n) is 0.449. The van der Waals surface area contributed by atoms with Crippen LogP contribution in [0.25, 0.3) is 0 Å². The van der Waals surface area contributed by atoms with Crippen LogP contribution in [0, 0.1) is 6.92 Å². The van der Waals surface area contributed by atoms with E-state index >= 15 is 0 Å². The summed E-state index contributed by atoms with van der Waals surface area (Å²) in [5, 5.41) is 0. The fourth-order valence-corrected chi connectivity index (χ4v) is 0.449. The van der Waals surface area contributed by atoms with Gasteiger partial charge in [0.1, 0.15) is 0 Å². The second kappa shape index (κ2) is 7.34. The van der Waals surface area contributed by atoms with Crippen molar-refractivity contribution in [3.05, 3.63) is 6.92 Å². The van der Waals surface area contributed by atoms with Gasteiger partial charge in [-0.2, -0.15) is 5.48 Å². The van der Waals surface area contributed by atoms with Gasteiger partial charge >= 0.3 is 6.09 Å². The molecule has 4 nitrogen and oxygen atoms in total. The molecule has 0 rings (SSSR count). The van der Waals surface area contributed by atoms with Crippen molar-refractivity contribution in [2.24, 2.45) is 0 Å². The first kappa shape index (κ1) is 10.2. The molecule has 1 radical (unpaired) electrons. The quantitative estimate of drug-likeness (QED) is 0.486. The number of nitrogens with one attached hydrogen (secondary N) is 1. The summed E-state index contributed by atoms with van der Waals surface area (Å²) < 4.78 is 4.44. The first-order chi connectivity index (χ1) is 5.31. The maximum atomic E-state index is 10.5. The summed E-state index contributed by atoms with van der Waals surface area (Å²) >= 11 is 0. The zero-order valence-electron chi connectivity index (χ0n) is 6.76. The van der Waals surface area contributed by atoms with E-state index in [1.165, 1.54) is 0 Å². The highest BCUT2D eigenvalue weighted by atomic mass is 16.7. The minimum atomic E-state index is -0.587. The molecular weight excluding hydrogens is 146 g/mol. The average molecular weight is 160 g/mol. The first-order valence-electron chi connectivity index (χ1n) is 3.65. The summed E-state index contributed by atoms with van der Waals surface area (Å²) in [5.74, 6) is 0. The molecule has 65 valence electrons. The molecule has 0 spiro atoms. The second-order valence-electron chi connectivity index (χ2n) is 1.94. The molecule has 0 heterocycles. The number of carbonyl (C=O) groups excluding carboxylic acids is 1. The summed E-state index contributed by atoms with van der Waals surface area (Å²) in [4.78, 5) is 15.2. The van der Waals surface area contributed by atoms with Gasteiger partial charge in [0.05, 0.1) is 13.2 Å². The minimum absolute atomic E-state index is 0.114. The molecule has 0 aromatic carbocycles. The number of hydrogen-bond acceptors (Lipinski definition) is 3. The number of carbonyl (C=O) groups is 1. The van der Waals surface area contributed by atoms with Crippen LogP contribution in [0.5, 0.6) is 0 Å². The normalized spacial score (nSPS) is 9.27. The lowest BCUT2D eigenvalue weighted by molar-refractivity contribution is 0.0298. The van der Waals surface area contributed by atoms with Gasteiger partial charge in [0.15, 0.2) is 0 Å². The molecule has 0 bridgehead atoms. The van der Waals surface area contributed by atoms with Gasteiger partial charge in [-0.1, -0.05) is 13.3 Å². The molecule has 1 N–H and O–H groups in total. The number of hydrogen-bond donors (Lipinski definition) is 1. The van der Waals surface area contributed by atoms with Gasteiger partial charge in [0, 0.05) is 0 Å². The standard InChI is InChI=1S/C7H14NO3/c1-3-5-6-11-8-7(9)10-4-2/h2-6H2,1H3,(H,8,9). The van der Waals surface area contributed by atoms with Gasteiger partial charge in [-0.05, 0) is 13.3 Å². The maximum absolute atomic E-state index is 10.5. The largest absolute Gasteiger partial charge is 0.448 e. The molecule has 0 aromatic rings. The smallest absolute Gasteiger partial charge is 0.431 e. The Kier molecular flexibility index (Phi) is 6.82. The Labute approximate surface area is 66.8 Å². The van der Waals surface area contributed by atoms with Crippen LogP contribution in [0.3, 0.4) is 0 Å². The summed E-state index contributed by atoms with van der Waals surface area (Å²) in [5.41, 5.74) is 2.12. The summed E-state index contributed by atoms with van der Waals surface area (Å²) in [6.45, 7) is 6.00. The van der Waals surface area contributed by atoms with Crippen LogP contribution in [0.4, 0.5) is 4.79 Å². The molecule has 0 atom stereocenters. The van der Waals surface area contributed by atoms with Crippen molar-refractivity contribution in [1.29, 1.82) is 0 Å². The van der Waals surface area contributed by atoms with Crippen molar-refractivity contribution in [3.8, 4) is 0 Å². The zero-order chi connectivity index (χ0) is 8.53. The summed E-state index contributed by atoms with van der Waals surface area (Å²) in [6.07, 6.45) is 1.37. The highest BCUT2D eigenvalue weighted by molar-refractivity contribution is 5.65. The van der Waals surface area contributed by atoms with Crippen molar-refractivity contribution in [1.82, 2.24) is 5.48 Å². The molecule has 0 unspecified atom stereocenters. The molecule has 0 fully saturated rings. The topological polar surface area (TPSA) is 47.6 Å². The molecule has 0 aliphatic heterocycles. The predicted octanol–water partition coefficient (Wildman–Crippen LogP) is 1.28. The van der Waals surface area contributed by atoms with Crippen LogP contribution in [-0.2, 0) is 9.57 Å². The van der Waals surface area contributed by atoms with Crippen LogP contribution in [-0.4, -0.2) is 19.3 Å². The molecule has 11 heavy (non-hydrogen) atoms. The lowest BCUT2D eigenvalue weighted by Gasteiger charge is -2.03. The molecule has 0 aliphatic rings. The van der Waals surface area contributed by atoms with Crippen molar-refractivity contribution in [2.45, 2.75) is 19.8 Å². The van der Waals surface area contributed by atoms with E-state index in [0.717, 1.165) is 12.8 Å². The van der Waals surface area contributed by atoms with E-state index in [1.54, 1.807) is 0 Å². The molecule has 0 aromatic heterocycles. The number of hydroxylamine groups is 1. The van der Waals surface area contributed by atoms with Crippen LogP contribution in [0.1, 0.15) is 19.8 Å². The Morgan fingerprint density at radius 2 is 2.36 bits per heavy atom. The zero-order valence-corrected chi connectivity index (χ0v) is 6.76. The van der Waals surface area contributed by atoms with Crippen molar-refractivity contribution in [2.75, 3.05) is 13.2 Å². The van der Waals surface area contributed by atoms with Gasteiger partial charge in [-0.15, -0.1) is 0 Å². The highest BCUT2D eigenvalue weighted by Gasteiger charge is 1.97. The van der Waals surface area contributed by atoms with Gasteiger partial charge in [0.2, 0.25) is 0 Å². The minimum Gasteiger partial charge on any atom is -0.448 e. The number of ether oxygens (including phenoxy) is 1. The van der Waals surface area contributed by atoms with E-state index in [1.807, 2.05) is 6.92 Å². The summed E-state index contributed by atoms with van der Waals surface area (Å²) in [6, 6.07) is 0. The molecule has 0 saturated carbocycles. The van der Waals surface area contributed by atoms with Crippen LogP contribution in [0.15, 0.2) is 0 Å². The van der Waals surface area contributed by atoms with Crippen molar-refractivity contribution >= 4 is 6.09 Å². The van der Waals surface area contributed by atoms with Gasteiger partial charge in [0.25, 0.3) is 0 Å². The lowest BCUT2D eigenvalue weighted by atomic mass is 10.4. The Bertz CT molecular complexity index is 106. The molecule has 0 saturated heterocycles. The van der Waals surface area contributed by atoms with E-state index in [9.17, 15) is 4.79 Å². The van der Waals surface area contributed by atoms with Gasteiger partial charge in [-0.3, -0.25) is 4.84 Å². The predicted molar refractivity (Wildman–Crippen MR) is 40.7 cm³/mol. The van der Waals surface area contributed by atoms with E-state index in [-0.39, 0.29) is 6.61 Å². The molecule has 0 aliphatic carbocycles. The molecule has 4 heteroatoms. The third-order valence-electron chi connectivity index (χ3n) is 0.989. The summed E-state index contributed by atoms with van der Waals surface area (Å²) in [7, 11) is 0. The molecular formula is C7H14NO3. The Morgan fingerprint density at radius 1 is 1.64 bits per heavy atom. The van der Waals surface area contributed by atoms with Gasteiger partial charge in [-0.25, -0.2) is 4.79 Å². The van der Waals surface area contributed by atoms with E-state index in [2.05, 4.69) is 17.1 Å². The van der Waals surface area contributed by atoms with Crippen molar-refractivity contribution < 1.29 is 14.4 Å². The van der Waals surface area contributed by atoms with Crippen LogP contribution in [0.2, 0.25) is 0 Å². The number of amides is 1. The Balaban J connectivity index is 3.04. The number of rotatable bonds is 5. The Hall–Kier alpha value is -0.770. The fraction of sp³-hybridized carbons (Fsp3) is 0.714. The van der Waals surface area contributed by atoms with E-state index in [0.29, 0.717) is 6.61 Å². The third kappa shape index (κ3) is 7.12. The number of unbranched alkanes of at least 4 members (excludes halogenated alkanes) is 1. The maximum Gasteiger partial charge on any atom is 0.431 e. The first-order valence-corrected chi connectivity index (χ1v) is 3.65. The van der Waals surface area contributed by atoms with Gasteiger partial charge < -0.3 is 4.74 Å². The lowest BCUT2D eigenvalue weighted by Crippen LogP contribution is -2.24. The average Bonchev–Trinajstić information content (AvgIpc) is 1.99. The Morgan fingerprint density at radius 3 is 2.91 bits per heavy atom. The van der Waals surface area contributed by atoms with E-state index < -0.39 is 6.09 Å². The second-order valence-corrected chi connectivity index (χ2v) is 1.94. The monoisotopic (exact) mass is 160 g/mol. The van der Waals surface area contributed by atoms with Crippen LogP contribution >= 0.6 is 0 Å². The van der Waals surface area contributed by atoms with Crippen LogP contribution < -0.4 is 5.48 Å². The highest BCUT2D eigenvalue weighted by Crippen LogP contribution is 1.85. The van der Waals surface area contributed by atoms with E-state index in [4.69, 9.17) is 4.84 Å². The van der Waals surface area contributed by atoms with Crippen molar-refractivity contribution in [3.63, 3.8) is 0 Å². The SMILES string of the molecule is [CH2]COC(=O)NOCCCC.